The molecule has 2 aliphatic rings. The van der Waals surface area contributed by atoms with Gasteiger partial charge < -0.3 is 15.4 Å². The van der Waals surface area contributed by atoms with Crippen LogP contribution in [0.3, 0.4) is 0 Å². The maximum atomic E-state index is 6.27. The van der Waals surface area contributed by atoms with E-state index in [1.165, 1.54) is 51.6 Å². The number of nitrogens with two attached hydrogens (primary N) is 1. The fourth-order valence-corrected chi connectivity index (χ4v) is 3.48. The first kappa shape index (κ1) is 14.3. The van der Waals surface area contributed by atoms with E-state index in [2.05, 4.69) is 18.7 Å². The van der Waals surface area contributed by atoms with Gasteiger partial charge in [0.1, 0.15) is 0 Å². The van der Waals surface area contributed by atoms with E-state index in [4.69, 9.17) is 10.5 Å². The van der Waals surface area contributed by atoms with Crippen LogP contribution in [0.5, 0.6) is 0 Å². The number of ether oxygens (including phenoxy) is 1. The monoisotopic (exact) mass is 254 g/mol. The molecule has 106 valence electrons. The van der Waals surface area contributed by atoms with Crippen molar-refractivity contribution in [1.82, 2.24) is 4.90 Å². The minimum Gasteiger partial charge on any atom is -0.377 e. The molecule has 0 bridgehead atoms. The Morgan fingerprint density at radius 1 is 1.17 bits per heavy atom. The molecule has 1 saturated heterocycles. The normalized spacial score (nSPS) is 26.7. The maximum Gasteiger partial charge on any atom is 0.0785 e. The van der Waals surface area contributed by atoms with E-state index in [1.807, 2.05) is 0 Å². The van der Waals surface area contributed by atoms with Crippen LogP contribution in [0.15, 0.2) is 0 Å². The smallest absolute Gasteiger partial charge is 0.0785 e. The van der Waals surface area contributed by atoms with E-state index in [-0.39, 0.29) is 11.6 Å². The van der Waals surface area contributed by atoms with Gasteiger partial charge in [-0.1, -0.05) is 12.8 Å². The molecule has 0 amide bonds. The second-order valence-electron chi connectivity index (χ2n) is 6.92. The predicted molar refractivity (Wildman–Crippen MR) is 75.6 cm³/mol. The number of methoxy groups -OCH3 is 1. The lowest BCUT2D eigenvalue weighted by Crippen LogP contribution is -2.53. The molecule has 1 heterocycles. The summed E-state index contributed by atoms with van der Waals surface area (Å²) in [6.45, 7) is 7.60. The van der Waals surface area contributed by atoms with E-state index in [0.29, 0.717) is 5.41 Å². The summed E-state index contributed by atoms with van der Waals surface area (Å²) in [6, 6.07) is 0.0973. The molecule has 3 heteroatoms. The Hall–Kier alpha value is -0.120. The highest BCUT2D eigenvalue weighted by Crippen LogP contribution is 2.46. The Labute approximate surface area is 112 Å². The number of likely N-dealkylation sites (tertiary alicyclic amines) is 1. The maximum absolute atomic E-state index is 6.27. The van der Waals surface area contributed by atoms with Crippen LogP contribution in [-0.2, 0) is 4.74 Å². The van der Waals surface area contributed by atoms with Crippen molar-refractivity contribution in [3.63, 3.8) is 0 Å². The zero-order chi connectivity index (χ0) is 13.2. The van der Waals surface area contributed by atoms with E-state index in [0.717, 1.165) is 6.54 Å². The number of piperidine rings is 1. The van der Waals surface area contributed by atoms with Gasteiger partial charge >= 0.3 is 0 Å². The van der Waals surface area contributed by atoms with Crippen LogP contribution >= 0.6 is 0 Å². The van der Waals surface area contributed by atoms with Crippen molar-refractivity contribution < 1.29 is 4.74 Å². The molecular weight excluding hydrogens is 224 g/mol. The molecule has 0 radical (unpaired) electrons. The minimum atomic E-state index is -0.220. The first-order valence-corrected chi connectivity index (χ1v) is 7.51. The largest absolute Gasteiger partial charge is 0.377 e. The summed E-state index contributed by atoms with van der Waals surface area (Å²) in [6.07, 6.45) is 8.61. The summed E-state index contributed by atoms with van der Waals surface area (Å²) in [5.41, 5.74) is 6.76. The summed E-state index contributed by atoms with van der Waals surface area (Å²) < 4.78 is 5.48. The summed E-state index contributed by atoms with van der Waals surface area (Å²) in [4.78, 5) is 2.54. The second-order valence-corrected chi connectivity index (χ2v) is 6.92. The molecule has 0 aromatic heterocycles. The number of hydrogen-bond acceptors (Lipinski definition) is 3. The Kier molecular flexibility index (Phi) is 4.35. The standard InChI is InChI=1S/C15H30N2O/c1-14(2,18-3)13(16)12-17-10-8-15(9-11-17)6-4-5-7-15/h13H,4-12,16H2,1-3H3. The van der Waals surface area contributed by atoms with Crippen molar-refractivity contribution in [2.45, 2.75) is 64.0 Å². The van der Waals surface area contributed by atoms with Gasteiger partial charge in [-0.15, -0.1) is 0 Å². The van der Waals surface area contributed by atoms with Crippen molar-refractivity contribution in [1.29, 1.82) is 0 Å². The molecule has 2 fully saturated rings. The van der Waals surface area contributed by atoms with Crippen LogP contribution < -0.4 is 5.73 Å². The van der Waals surface area contributed by atoms with Crippen LogP contribution in [0.4, 0.5) is 0 Å². The molecule has 18 heavy (non-hydrogen) atoms. The minimum absolute atomic E-state index is 0.0973. The molecular formula is C15H30N2O. The third-order valence-electron chi connectivity index (χ3n) is 5.45. The van der Waals surface area contributed by atoms with E-state index in [1.54, 1.807) is 7.11 Å². The van der Waals surface area contributed by atoms with E-state index >= 15 is 0 Å². The van der Waals surface area contributed by atoms with Crippen molar-refractivity contribution >= 4 is 0 Å². The number of rotatable bonds is 4. The van der Waals surface area contributed by atoms with Crippen LogP contribution in [0.25, 0.3) is 0 Å². The molecule has 0 aromatic rings. The first-order valence-electron chi connectivity index (χ1n) is 7.51. The van der Waals surface area contributed by atoms with Crippen molar-refractivity contribution in [3.05, 3.63) is 0 Å². The molecule has 0 aromatic carbocycles. The fraction of sp³-hybridized carbons (Fsp3) is 1.00. The highest BCUT2D eigenvalue weighted by atomic mass is 16.5. The third kappa shape index (κ3) is 3.06. The van der Waals surface area contributed by atoms with Gasteiger partial charge in [-0.2, -0.15) is 0 Å². The predicted octanol–water partition coefficient (Wildman–Crippen LogP) is 2.39. The Balaban J connectivity index is 1.80. The topological polar surface area (TPSA) is 38.5 Å². The molecule has 1 spiro atoms. The Morgan fingerprint density at radius 2 is 1.72 bits per heavy atom. The van der Waals surface area contributed by atoms with Gasteiger partial charge in [-0.05, 0) is 58.0 Å². The van der Waals surface area contributed by atoms with E-state index in [9.17, 15) is 0 Å². The highest BCUT2D eigenvalue weighted by molar-refractivity contribution is 4.92. The van der Waals surface area contributed by atoms with E-state index < -0.39 is 0 Å². The average molecular weight is 254 g/mol. The average Bonchev–Trinajstić information content (AvgIpc) is 2.81. The van der Waals surface area contributed by atoms with Gasteiger partial charge in [0.15, 0.2) is 0 Å². The Morgan fingerprint density at radius 3 is 2.22 bits per heavy atom. The molecule has 1 aliphatic heterocycles. The van der Waals surface area contributed by atoms with Crippen LogP contribution in [0, 0.1) is 5.41 Å². The SMILES string of the molecule is COC(C)(C)C(N)CN1CCC2(CCCC2)CC1. The van der Waals surface area contributed by atoms with Gasteiger partial charge in [0.25, 0.3) is 0 Å². The van der Waals surface area contributed by atoms with Gasteiger partial charge in [-0.25, -0.2) is 0 Å². The first-order chi connectivity index (χ1) is 8.47. The second kappa shape index (κ2) is 5.48. The third-order valence-corrected chi connectivity index (χ3v) is 5.45. The highest BCUT2D eigenvalue weighted by Gasteiger charge is 2.38. The van der Waals surface area contributed by atoms with Gasteiger partial charge in [0.2, 0.25) is 0 Å². The zero-order valence-electron chi connectivity index (χ0n) is 12.4. The molecule has 1 unspecified atom stereocenters. The molecule has 1 atom stereocenters. The quantitative estimate of drug-likeness (QED) is 0.837. The summed E-state index contributed by atoms with van der Waals surface area (Å²) in [5, 5.41) is 0. The lowest BCUT2D eigenvalue weighted by molar-refractivity contribution is -0.0142. The summed E-state index contributed by atoms with van der Waals surface area (Å²) in [7, 11) is 1.75. The van der Waals surface area contributed by atoms with Crippen LogP contribution in [0.1, 0.15) is 52.4 Å². The Bertz CT molecular complexity index is 262. The summed E-state index contributed by atoms with van der Waals surface area (Å²) >= 11 is 0. The molecule has 2 N–H and O–H groups in total. The zero-order valence-corrected chi connectivity index (χ0v) is 12.4. The van der Waals surface area contributed by atoms with Crippen LogP contribution in [-0.4, -0.2) is 43.3 Å². The lowest BCUT2D eigenvalue weighted by atomic mass is 9.77. The van der Waals surface area contributed by atoms with Crippen molar-refractivity contribution in [2.24, 2.45) is 11.1 Å². The number of hydrogen-bond donors (Lipinski definition) is 1. The van der Waals surface area contributed by atoms with Gasteiger partial charge in [0.05, 0.1) is 5.60 Å². The molecule has 1 saturated carbocycles. The van der Waals surface area contributed by atoms with Crippen molar-refractivity contribution in [2.75, 3.05) is 26.7 Å². The summed E-state index contributed by atoms with van der Waals surface area (Å²) in [5.74, 6) is 0. The lowest BCUT2D eigenvalue weighted by Gasteiger charge is -2.42. The molecule has 2 rings (SSSR count). The molecule has 3 nitrogen and oxygen atoms in total. The molecule has 1 aliphatic carbocycles. The van der Waals surface area contributed by atoms with Crippen LogP contribution in [0.2, 0.25) is 0 Å². The fourth-order valence-electron chi connectivity index (χ4n) is 3.48. The van der Waals surface area contributed by atoms with Gasteiger partial charge in [-0.3, -0.25) is 0 Å². The van der Waals surface area contributed by atoms with Gasteiger partial charge in [0, 0.05) is 19.7 Å². The number of nitrogens with zero attached hydrogens (tertiary/aromatic N) is 1. The van der Waals surface area contributed by atoms with Crippen molar-refractivity contribution in [3.8, 4) is 0 Å².